The van der Waals surface area contributed by atoms with E-state index in [2.05, 4.69) is 21.0 Å². The van der Waals surface area contributed by atoms with Crippen molar-refractivity contribution in [2.75, 3.05) is 18.4 Å². The highest BCUT2D eigenvalue weighted by atomic mass is 16.2. The van der Waals surface area contributed by atoms with Crippen LogP contribution in [0.4, 0.5) is 10.6 Å². The molecule has 0 fully saturated rings. The third kappa shape index (κ3) is 4.62. The van der Waals surface area contributed by atoms with Gasteiger partial charge in [-0.15, -0.1) is 5.10 Å². The Labute approximate surface area is 128 Å². The Bertz CT molecular complexity index is 624. The van der Waals surface area contributed by atoms with E-state index in [1.54, 1.807) is 16.9 Å². The lowest BCUT2D eigenvalue weighted by Crippen LogP contribution is -2.39. The lowest BCUT2D eigenvalue weighted by Gasteiger charge is -2.06. The van der Waals surface area contributed by atoms with Crippen LogP contribution in [0.3, 0.4) is 0 Å². The summed E-state index contributed by atoms with van der Waals surface area (Å²) in [7, 11) is 0. The highest BCUT2D eigenvalue weighted by molar-refractivity contribution is 5.91. The van der Waals surface area contributed by atoms with Gasteiger partial charge >= 0.3 is 6.03 Å². The number of carbonyl (C=O) groups is 2. The fraction of sp³-hybridized carbons (Fsp3) is 0.267. The van der Waals surface area contributed by atoms with Crippen LogP contribution in [0.1, 0.15) is 13.3 Å². The first kappa shape index (κ1) is 15.6. The Morgan fingerprint density at radius 1 is 1.14 bits per heavy atom. The molecule has 0 radical (unpaired) electrons. The molecule has 7 nitrogen and oxygen atoms in total. The van der Waals surface area contributed by atoms with Crippen LogP contribution in [0.25, 0.3) is 5.69 Å². The number of nitrogens with one attached hydrogen (secondary N) is 3. The van der Waals surface area contributed by atoms with E-state index in [1.807, 2.05) is 37.3 Å². The maximum atomic E-state index is 11.7. The number of anilines is 1. The maximum absolute atomic E-state index is 11.7. The molecule has 2 aromatic rings. The van der Waals surface area contributed by atoms with Crippen LogP contribution in [0.15, 0.2) is 42.6 Å². The van der Waals surface area contributed by atoms with Gasteiger partial charge in [-0.3, -0.25) is 10.1 Å². The molecule has 3 N–H and O–H groups in total. The van der Waals surface area contributed by atoms with Crippen molar-refractivity contribution in [1.82, 2.24) is 20.4 Å². The van der Waals surface area contributed by atoms with Crippen LogP contribution >= 0.6 is 0 Å². The summed E-state index contributed by atoms with van der Waals surface area (Å²) in [5.74, 6) is 0.196. The van der Waals surface area contributed by atoms with Crippen LogP contribution in [0, 0.1) is 0 Å². The van der Waals surface area contributed by atoms with Crippen molar-refractivity contribution in [2.24, 2.45) is 0 Å². The Morgan fingerprint density at radius 2 is 1.91 bits per heavy atom. The second-order valence-electron chi connectivity index (χ2n) is 4.64. The summed E-state index contributed by atoms with van der Waals surface area (Å²) in [4.78, 5) is 23.1. The van der Waals surface area contributed by atoms with Gasteiger partial charge in [-0.2, -0.15) is 0 Å². The molecule has 1 aromatic carbocycles. The number of amides is 3. The number of hydrogen-bond donors (Lipinski definition) is 3. The van der Waals surface area contributed by atoms with Gasteiger partial charge in [-0.25, -0.2) is 9.48 Å². The number of rotatable bonds is 6. The van der Waals surface area contributed by atoms with Gasteiger partial charge in [0.1, 0.15) is 0 Å². The number of carbonyl (C=O) groups excluding carboxylic acids is 2. The largest absolute Gasteiger partial charge is 0.355 e. The highest BCUT2D eigenvalue weighted by Crippen LogP contribution is 2.09. The van der Waals surface area contributed by atoms with Crippen LogP contribution in [-0.2, 0) is 4.79 Å². The zero-order valence-corrected chi connectivity index (χ0v) is 12.4. The van der Waals surface area contributed by atoms with E-state index in [9.17, 15) is 9.59 Å². The zero-order valence-electron chi connectivity index (χ0n) is 12.4. The van der Waals surface area contributed by atoms with Gasteiger partial charge in [0.15, 0.2) is 5.82 Å². The van der Waals surface area contributed by atoms with Gasteiger partial charge in [-0.1, -0.05) is 25.1 Å². The second kappa shape index (κ2) is 7.82. The molecule has 0 aliphatic carbocycles. The molecule has 0 spiro atoms. The normalized spacial score (nSPS) is 10.0. The highest BCUT2D eigenvalue weighted by Gasteiger charge is 2.07. The zero-order chi connectivity index (χ0) is 15.8. The fourth-order valence-electron chi connectivity index (χ4n) is 1.76. The summed E-state index contributed by atoms with van der Waals surface area (Å²) in [6.07, 6.45) is 2.60. The third-order valence-electron chi connectivity index (χ3n) is 2.83. The van der Waals surface area contributed by atoms with E-state index in [0.717, 1.165) is 12.1 Å². The number of aromatic nitrogens is 2. The lowest BCUT2D eigenvalue weighted by molar-refractivity contribution is -0.120. The Kier molecular flexibility index (Phi) is 5.53. The Morgan fingerprint density at radius 3 is 2.64 bits per heavy atom. The van der Waals surface area contributed by atoms with Crippen molar-refractivity contribution in [3.05, 3.63) is 42.6 Å². The van der Waals surface area contributed by atoms with Crippen LogP contribution in [0.2, 0.25) is 0 Å². The molecule has 116 valence electrons. The van der Waals surface area contributed by atoms with E-state index in [0.29, 0.717) is 12.4 Å². The first-order valence-electron chi connectivity index (χ1n) is 7.11. The van der Waals surface area contributed by atoms with Crippen molar-refractivity contribution in [2.45, 2.75) is 13.3 Å². The van der Waals surface area contributed by atoms with Crippen LogP contribution in [-0.4, -0.2) is 34.8 Å². The van der Waals surface area contributed by atoms with Crippen LogP contribution < -0.4 is 16.0 Å². The summed E-state index contributed by atoms with van der Waals surface area (Å²) < 4.78 is 1.66. The molecule has 22 heavy (non-hydrogen) atoms. The molecule has 0 saturated carbocycles. The summed E-state index contributed by atoms with van der Waals surface area (Å²) in [6, 6.07) is 10.8. The topological polar surface area (TPSA) is 88.0 Å². The van der Waals surface area contributed by atoms with Crippen molar-refractivity contribution >= 4 is 17.8 Å². The van der Waals surface area contributed by atoms with E-state index in [-0.39, 0.29) is 12.5 Å². The number of para-hydroxylation sites is 1. The first-order valence-corrected chi connectivity index (χ1v) is 7.11. The first-order chi connectivity index (χ1) is 10.7. The van der Waals surface area contributed by atoms with Gasteiger partial charge in [0.2, 0.25) is 5.91 Å². The number of nitrogens with zero attached hydrogens (tertiary/aromatic N) is 2. The molecule has 3 amide bonds. The average molecular weight is 301 g/mol. The maximum Gasteiger partial charge on any atom is 0.320 e. The van der Waals surface area contributed by atoms with Gasteiger partial charge in [0.25, 0.3) is 0 Å². The van der Waals surface area contributed by atoms with Gasteiger partial charge in [0.05, 0.1) is 12.2 Å². The molecule has 7 heteroatoms. The standard InChI is InChI=1S/C15H19N5O2/c1-2-9-16-14(21)11-17-15(22)18-13-8-10-20(19-13)12-6-4-3-5-7-12/h3-8,10H,2,9,11H2,1H3,(H,16,21)(H2,17,18,19,22). The number of benzene rings is 1. The van der Waals surface area contributed by atoms with E-state index in [4.69, 9.17) is 0 Å². The average Bonchev–Trinajstić information content (AvgIpc) is 3.00. The molecule has 0 aliphatic rings. The summed E-state index contributed by atoms with van der Waals surface area (Å²) >= 11 is 0. The van der Waals surface area contributed by atoms with Crippen molar-refractivity contribution < 1.29 is 9.59 Å². The molecule has 1 heterocycles. The SMILES string of the molecule is CCCNC(=O)CNC(=O)Nc1ccn(-c2ccccc2)n1. The summed E-state index contributed by atoms with van der Waals surface area (Å²) in [5.41, 5.74) is 0.898. The molecule has 0 atom stereocenters. The number of hydrogen-bond acceptors (Lipinski definition) is 3. The van der Waals surface area contributed by atoms with Gasteiger partial charge in [0, 0.05) is 18.8 Å². The van der Waals surface area contributed by atoms with Crippen molar-refractivity contribution in [1.29, 1.82) is 0 Å². The molecule has 2 rings (SSSR count). The predicted molar refractivity (Wildman–Crippen MR) is 83.9 cm³/mol. The Balaban J connectivity index is 1.83. The van der Waals surface area contributed by atoms with E-state index >= 15 is 0 Å². The fourth-order valence-corrected chi connectivity index (χ4v) is 1.76. The smallest absolute Gasteiger partial charge is 0.320 e. The Hall–Kier alpha value is -2.83. The van der Waals surface area contributed by atoms with Gasteiger partial charge in [-0.05, 0) is 18.6 Å². The molecular formula is C15H19N5O2. The lowest BCUT2D eigenvalue weighted by atomic mass is 10.3. The minimum absolute atomic E-state index is 0.0643. The third-order valence-corrected chi connectivity index (χ3v) is 2.83. The molecule has 0 bridgehead atoms. The van der Waals surface area contributed by atoms with E-state index < -0.39 is 6.03 Å². The van der Waals surface area contributed by atoms with Crippen LogP contribution in [0.5, 0.6) is 0 Å². The predicted octanol–water partition coefficient (Wildman–Crippen LogP) is 1.52. The molecule has 0 unspecified atom stereocenters. The van der Waals surface area contributed by atoms with Crippen molar-refractivity contribution in [3.8, 4) is 5.69 Å². The second-order valence-corrected chi connectivity index (χ2v) is 4.64. The minimum Gasteiger partial charge on any atom is -0.355 e. The van der Waals surface area contributed by atoms with Gasteiger partial charge < -0.3 is 10.6 Å². The molecule has 1 aromatic heterocycles. The summed E-state index contributed by atoms with van der Waals surface area (Å²) in [5, 5.41) is 12.0. The summed E-state index contributed by atoms with van der Waals surface area (Å²) in [6.45, 7) is 2.50. The minimum atomic E-state index is -0.468. The number of urea groups is 1. The quantitative estimate of drug-likeness (QED) is 0.756. The van der Waals surface area contributed by atoms with Crippen molar-refractivity contribution in [3.63, 3.8) is 0 Å². The monoisotopic (exact) mass is 301 g/mol. The molecule has 0 aliphatic heterocycles. The molecular weight excluding hydrogens is 282 g/mol. The van der Waals surface area contributed by atoms with E-state index in [1.165, 1.54) is 0 Å². The molecule has 0 saturated heterocycles.